The van der Waals surface area contributed by atoms with Gasteiger partial charge in [0.05, 0.1) is 0 Å². The Morgan fingerprint density at radius 1 is 0.706 bits per heavy atom. The Morgan fingerprint density at radius 3 is 1.82 bits per heavy atom. The van der Waals surface area contributed by atoms with E-state index >= 15 is 0 Å². The van der Waals surface area contributed by atoms with Gasteiger partial charge in [-0.15, -0.1) is 0 Å². The lowest BCUT2D eigenvalue weighted by Gasteiger charge is -2.28. The fraction of sp³-hybridized carbons (Fsp3) is 0.244. The third-order valence-corrected chi connectivity index (χ3v) is 11.4. The van der Waals surface area contributed by atoms with Crippen LogP contribution in [0.3, 0.4) is 0 Å². The van der Waals surface area contributed by atoms with Crippen LogP contribution in [0.4, 0.5) is 17.1 Å². The van der Waals surface area contributed by atoms with E-state index in [1.165, 1.54) is 22.8 Å². The van der Waals surface area contributed by atoms with Crippen LogP contribution in [-0.2, 0) is 20.2 Å². The Bertz CT molecular complexity index is 2340. The monoisotopic (exact) mass is 725 g/mol. The Balaban J connectivity index is 1.69. The summed E-state index contributed by atoms with van der Waals surface area (Å²) >= 11 is 0. The number of allylic oxidation sites excluding steroid dienone is 5. The molecule has 1 aliphatic carbocycles. The van der Waals surface area contributed by atoms with Crippen molar-refractivity contribution in [2.45, 2.75) is 65.2 Å². The summed E-state index contributed by atoms with van der Waals surface area (Å²) < 4.78 is 72.2. The average Bonchev–Trinajstić information content (AvgIpc) is 3.04. The second kappa shape index (κ2) is 14.6. The highest BCUT2D eigenvalue weighted by Crippen LogP contribution is 2.38. The molecule has 0 fully saturated rings. The van der Waals surface area contributed by atoms with Gasteiger partial charge in [0.15, 0.2) is 0 Å². The molecule has 4 aromatic rings. The van der Waals surface area contributed by atoms with Crippen LogP contribution in [0.2, 0.25) is 0 Å². The molecule has 10 heteroatoms. The van der Waals surface area contributed by atoms with Crippen LogP contribution in [0.15, 0.2) is 106 Å². The number of nitrogens with zero attached hydrogens (tertiary/aromatic N) is 2. The molecule has 2 N–H and O–H groups in total. The molecule has 8 nitrogen and oxygen atoms in total. The lowest BCUT2D eigenvalue weighted by Crippen LogP contribution is -2.18. The van der Waals surface area contributed by atoms with Crippen LogP contribution >= 0.6 is 0 Å². The van der Waals surface area contributed by atoms with Crippen molar-refractivity contribution in [3.63, 3.8) is 0 Å². The van der Waals surface area contributed by atoms with Crippen LogP contribution < -0.4 is 4.90 Å². The zero-order chi connectivity index (χ0) is 37.4. The molecule has 0 aliphatic heterocycles. The van der Waals surface area contributed by atoms with Gasteiger partial charge in [0.2, 0.25) is 11.4 Å². The largest absolute Gasteiger partial charge is 0.341 e. The first kappa shape index (κ1) is 37.6. The third-order valence-electron chi connectivity index (χ3n) is 9.30. The molecule has 0 spiro atoms. The average molecular weight is 726 g/mol. The van der Waals surface area contributed by atoms with Crippen LogP contribution in [-0.4, -0.2) is 49.3 Å². The highest BCUT2D eigenvalue weighted by Gasteiger charge is 2.28. The van der Waals surface area contributed by atoms with Crippen molar-refractivity contribution in [1.29, 1.82) is 0 Å². The second-order valence-electron chi connectivity index (χ2n) is 13.0. The van der Waals surface area contributed by atoms with E-state index in [0.717, 1.165) is 34.8 Å². The van der Waals surface area contributed by atoms with Crippen LogP contribution in [0.1, 0.15) is 58.4 Å². The predicted molar refractivity (Wildman–Crippen MR) is 206 cm³/mol. The molecule has 0 bridgehead atoms. The Morgan fingerprint density at radius 2 is 1.29 bits per heavy atom. The molecule has 0 radical (unpaired) electrons. The fourth-order valence-corrected chi connectivity index (χ4v) is 9.15. The van der Waals surface area contributed by atoms with Crippen molar-refractivity contribution in [3.05, 3.63) is 141 Å². The van der Waals surface area contributed by atoms with Gasteiger partial charge < -0.3 is 4.90 Å². The van der Waals surface area contributed by atoms with Gasteiger partial charge in [0, 0.05) is 46.8 Å². The van der Waals surface area contributed by atoms with Crippen molar-refractivity contribution in [2.75, 3.05) is 18.0 Å². The van der Waals surface area contributed by atoms with Gasteiger partial charge >= 0.3 is 0 Å². The number of hydrogen-bond donors (Lipinski definition) is 2. The first-order valence-electron chi connectivity index (χ1n) is 16.8. The number of hydrogen-bond acceptors (Lipinski definition) is 5. The summed E-state index contributed by atoms with van der Waals surface area (Å²) in [5, 5.41) is 0. The molecule has 5 rings (SSSR count). The van der Waals surface area contributed by atoms with E-state index in [1.54, 1.807) is 38.1 Å². The van der Waals surface area contributed by atoms with Gasteiger partial charge in [-0.3, -0.25) is 9.11 Å². The first-order chi connectivity index (χ1) is 24.0. The molecule has 0 aromatic heterocycles. The maximum absolute atomic E-state index is 12.6. The molecular weight excluding hydrogens is 681 g/mol. The van der Waals surface area contributed by atoms with Crippen molar-refractivity contribution in [2.24, 2.45) is 0 Å². The molecule has 0 amide bonds. The highest BCUT2D eigenvalue weighted by molar-refractivity contribution is 7.86. The molecule has 266 valence electrons. The van der Waals surface area contributed by atoms with Crippen LogP contribution in [0.25, 0.3) is 5.57 Å². The Hall–Kier alpha value is -4.61. The smallest absolute Gasteiger partial charge is 0.295 e. The van der Waals surface area contributed by atoms with E-state index in [9.17, 15) is 25.9 Å². The molecule has 0 atom stereocenters. The van der Waals surface area contributed by atoms with E-state index < -0.39 is 20.2 Å². The molecule has 0 saturated heterocycles. The molecule has 0 unspecified atom stereocenters. The first-order valence-corrected chi connectivity index (χ1v) is 19.7. The summed E-state index contributed by atoms with van der Waals surface area (Å²) in [6.07, 6.45) is 7.58. The minimum atomic E-state index is -4.57. The van der Waals surface area contributed by atoms with E-state index in [-0.39, 0.29) is 9.79 Å². The number of benzene rings is 4. The minimum absolute atomic E-state index is 0.103. The van der Waals surface area contributed by atoms with Crippen LogP contribution in [0.5, 0.6) is 0 Å². The maximum Gasteiger partial charge on any atom is 0.295 e. The quantitative estimate of drug-likeness (QED) is 0.131. The predicted octanol–water partition coefficient (Wildman–Crippen LogP) is 8.92. The Kier molecular flexibility index (Phi) is 10.7. The number of anilines is 2. The molecular formula is C41H45N2O6S2+. The lowest BCUT2D eigenvalue weighted by atomic mass is 9.90. The second-order valence-corrected chi connectivity index (χ2v) is 15.7. The lowest BCUT2D eigenvalue weighted by molar-refractivity contribution is -0.435. The van der Waals surface area contributed by atoms with Gasteiger partial charge in [-0.1, -0.05) is 48.0 Å². The summed E-state index contributed by atoms with van der Waals surface area (Å²) in [6, 6.07) is 20.5. The topological polar surface area (TPSA) is 115 Å². The Labute approximate surface area is 302 Å². The standard InChI is InChI=1S/C41H44N2O6S2/c1-9-42(39-27(4)23-26(3)24-28(39)5)34-19-15-32(16-20-34)38(36-13-11-12-14-37(36)50(44,45)46)33-17-21-35(22-18-33)43(10-2)40-29(6)25-30(7)41(31(40)8)51(47,48)49/h11-25H,9-10H2,1-8H3,(H-,44,45,46,47,48,49)/p+1. The van der Waals surface area contributed by atoms with E-state index in [2.05, 4.69) is 44.7 Å². The van der Waals surface area contributed by atoms with Crippen molar-refractivity contribution >= 4 is 48.6 Å². The number of aryl methyl sites for hydroxylation is 5. The van der Waals surface area contributed by atoms with Gasteiger partial charge in [0.25, 0.3) is 20.2 Å². The molecule has 1 aliphatic rings. The third kappa shape index (κ3) is 7.55. The van der Waals surface area contributed by atoms with Gasteiger partial charge in [-0.2, -0.15) is 21.4 Å². The zero-order valence-electron chi connectivity index (χ0n) is 30.3. The summed E-state index contributed by atoms with van der Waals surface area (Å²) in [6.45, 7) is 16.9. The highest BCUT2D eigenvalue weighted by atomic mass is 32.2. The summed E-state index contributed by atoms with van der Waals surface area (Å²) in [4.78, 5) is 1.96. The summed E-state index contributed by atoms with van der Waals surface area (Å²) in [5.41, 5.74) is 11.4. The van der Waals surface area contributed by atoms with E-state index in [1.807, 2.05) is 67.0 Å². The van der Waals surface area contributed by atoms with E-state index in [4.69, 9.17) is 0 Å². The van der Waals surface area contributed by atoms with Crippen molar-refractivity contribution in [1.82, 2.24) is 0 Å². The SMILES string of the molecule is CCN(c1ccc(C(=C2C=CC(=[N+](CC)c3c(C)cc(C)c(S(=O)(=O)O)c3C)C=C2)c2ccccc2S(=O)(=O)O)cc1)c1c(C)cc(C)cc1C. The molecule has 0 saturated carbocycles. The van der Waals surface area contributed by atoms with Gasteiger partial charge in [-0.25, -0.2) is 0 Å². The summed E-state index contributed by atoms with van der Waals surface area (Å²) in [5.74, 6) is 0. The minimum Gasteiger partial charge on any atom is -0.341 e. The fourth-order valence-electron chi connectivity index (χ4n) is 7.50. The maximum atomic E-state index is 12.6. The normalized spacial score (nSPS) is 13.1. The van der Waals surface area contributed by atoms with Crippen LogP contribution in [0, 0.1) is 41.5 Å². The molecule has 0 heterocycles. The van der Waals surface area contributed by atoms with Gasteiger partial charge in [0.1, 0.15) is 16.3 Å². The number of rotatable bonds is 9. The van der Waals surface area contributed by atoms with E-state index in [0.29, 0.717) is 40.1 Å². The van der Waals surface area contributed by atoms with Gasteiger partial charge in [-0.05, 0) is 125 Å². The van der Waals surface area contributed by atoms with Crippen molar-refractivity contribution < 1.29 is 30.5 Å². The molecule has 4 aromatic carbocycles. The zero-order valence-corrected chi connectivity index (χ0v) is 31.9. The summed E-state index contributed by atoms with van der Waals surface area (Å²) in [7, 11) is -9.02. The molecule has 51 heavy (non-hydrogen) atoms. The van der Waals surface area contributed by atoms with Crippen molar-refractivity contribution in [3.8, 4) is 0 Å².